The maximum atomic E-state index is 5.63. The Morgan fingerprint density at radius 2 is 1.20 bits per heavy atom. The zero-order valence-corrected chi connectivity index (χ0v) is 13.7. The van der Waals surface area contributed by atoms with Crippen LogP contribution in [0.1, 0.15) is 32.1 Å². The van der Waals surface area contributed by atoms with Crippen molar-refractivity contribution in [2.45, 2.75) is 38.1 Å². The number of rotatable bonds is 0. The van der Waals surface area contributed by atoms with E-state index in [0.29, 0.717) is 6.04 Å². The van der Waals surface area contributed by atoms with Gasteiger partial charge in [0.15, 0.2) is 0 Å². The van der Waals surface area contributed by atoms with E-state index in [1.54, 1.807) is 0 Å². The smallest absolute Gasteiger partial charge is 0.328 e. The number of nitrogens with two attached hydrogens (primary N) is 1. The molecule has 0 heterocycles. The Labute approximate surface area is 130 Å². The van der Waals surface area contributed by atoms with Crippen molar-refractivity contribution in [3.63, 3.8) is 0 Å². The van der Waals surface area contributed by atoms with Gasteiger partial charge in [0.25, 0.3) is 0 Å². The van der Waals surface area contributed by atoms with Crippen LogP contribution in [0.15, 0.2) is 0 Å². The van der Waals surface area contributed by atoms with Gasteiger partial charge in [0.05, 0.1) is 0 Å². The molecule has 4 heteroatoms. The second-order valence-corrected chi connectivity index (χ2v) is 2.40. The summed E-state index contributed by atoms with van der Waals surface area (Å²) in [4.78, 5) is 0. The third-order valence-corrected chi connectivity index (χ3v) is 1.65. The van der Waals surface area contributed by atoms with Crippen LogP contribution in [0.3, 0.4) is 0 Å². The molecule has 0 spiro atoms. The standard InChI is InChI=1S/C6H13N.3Na/c7-6-4-2-1-3-5-6;;;/h6H,1-5,7H2;;;/q;3*+1. The normalized spacial score (nSPS) is 17.7. The molecule has 1 aliphatic carbocycles. The molecule has 0 aliphatic heterocycles. The first-order chi connectivity index (χ1) is 3.39. The molecule has 0 bridgehead atoms. The molecule has 1 aliphatic rings. The second kappa shape index (κ2) is 12.0. The maximum absolute atomic E-state index is 5.63. The minimum atomic E-state index is 0. The molecule has 0 aromatic rings. The second-order valence-electron chi connectivity index (χ2n) is 2.40. The SMILES string of the molecule is NC1CCCCC1.[Na+].[Na+].[Na+]. The summed E-state index contributed by atoms with van der Waals surface area (Å²) in [6.07, 6.45) is 6.66. The number of hydrogen-bond acceptors (Lipinski definition) is 1. The van der Waals surface area contributed by atoms with Gasteiger partial charge in [-0.15, -0.1) is 0 Å². The average molecular weight is 168 g/mol. The quantitative estimate of drug-likeness (QED) is 0.357. The summed E-state index contributed by atoms with van der Waals surface area (Å²) in [5.74, 6) is 0. The molecule has 1 nitrogen and oxygen atoms in total. The van der Waals surface area contributed by atoms with Crippen LogP contribution < -0.4 is 94.4 Å². The first-order valence-electron chi connectivity index (χ1n) is 3.15. The van der Waals surface area contributed by atoms with Crippen LogP contribution in [-0.4, -0.2) is 6.04 Å². The van der Waals surface area contributed by atoms with Crippen molar-refractivity contribution in [1.82, 2.24) is 0 Å². The Hall–Kier alpha value is 2.96. The molecule has 42 valence electrons. The van der Waals surface area contributed by atoms with E-state index in [0.717, 1.165) is 0 Å². The van der Waals surface area contributed by atoms with E-state index in [4.69, 9.17) is 5.73 Å². The molecule has 0 atom stereocenters. The first kappa shape index (κ1) is 18.7. The molecular weight excluding hydrogens is 155 g/mol. The topological polar surface area (TPSA) is 26.0 Å². The summed E-state index contributed by atoms with van der Waals surface area (Å²) in [6.45, 7) is 0. The van der Waals surface area contributed by atoms with Crippen molar-refractivity contribution in [2.24, 2.45) is 5.73 Å². The Kier molecular flexibility index (Phi) is 22.4. The third kappa shape index (κ3) is 9.05. The van der Waals surface area contributed by atoms with Gasteiger partial charge < -0.3 is 5.73 Å². The zero-order valence-electron chi connectivity index (χ0n) is 7.69. The van der Waals surface area contributed by atoms with E-state index in [1.807, 2.05) is 0 Å². The summed E-state index contributed by atoms with van der Waals surface area (Å²) in [6, 6.07) is 0.536. The zero-order chi connectivity index (χ0) is 5.11. The van der Waals surface area contributed by atoms with Gasteiger partial charge in [-0.2, -0.15) is 0 Å². The molecule has 1 rings (SSSR count). The van der Waals surface area contributed by atoms with Crippen molar-refractivity contribution in [2.75, 3.05) is 0 Å². The van der Waals surface area contributed by atoms with E-state index < -0.39 is 0 Å². The van der Waals surface area contributed by atoms with Crippen LogP contribution in [0.4, 0.5) is 0 Å². The molecule has 2 N–H and O–H groups in total. The van der Waals surface area contributed by atoms with E-state index in [9.17, 15) is 0 Å². The summed E-state index contributed by atoms with van der Waals surface area (Å²) in [5.41, 5.74) is 5.63. The largest absolute Gasteiger partial charge is 1.00 e. The Balaban J connectivity index is -0.000000163. The Morgan fingerprint density at radius 1 is 0.800 bits per heavy atom. The fourth-order valence-electron chi connectivity index (χ4n) is 1.13. The van der Waals surface area contributed by atoms with Crippen LogP contribution in [0.25, 0.3) is 0 Å². The minimum Gasteiger partial charge on any atom is -0.328 e. The molecule has 1 fully saturated rings. The molecule has 1 saturated carbocycles. The van der Waals surface area contributed by atoms with Crippen molar-refractivity contribution in [3.05, 3.63) is 0 Å². The molecule has 10 heavy (non-hydrogen) atoms. The molecule has 0 aromatic carbocycles. The molecule has 0 aromatic heterocycles. The maximum Gasteiger partial charge on any atom is 1.00 e. The molecular formula is C6H13NNa3+3. The summed E-state index contributed by atoms with van der Waals surface area (Å²) in [5, 5.41) is 0. The summed E-state index contributed by atoms with van der Waals surface area (Å²) < 4.78 is 0. The van der Waals surface area contributed by atoms with Gasteiger partial charge in [-0.3, -0.25) is 0 Å². The summed E-state index contributed by atoms with van der Waals surface area (Å²) >= 11 is 0. The molecule has 0 unspecified atom stereocenters. The van der Waals surface area contributed by atoms with Gasteiger partial charge in [-0.25, -0.2) is 0 Å². The molecule has 0 saturated heterocycles. The fraction of sp³-hybridized carbons (Fsp3) is 1.00. The predicted octanol–water partition coefficient (Wildman–Crippen LogP) is -7.71. The van der Waals surface area contributed by atoms with Crippen LogP contribution in [0.5, 0.6) is 0 Å². The van der Waals surface area contributed by atoms with Gasteiger partial charge in [0, 0.05) is 6.04 Å². The van der Waals surface area contributed by atoms with Gasteiger partial charge in [-0.1, -0.05) is 19.3 Å². The fourth-order valence-corrected chi connectivity index (χ4v) is 1.13. The van der Waals surface area contributed by atoms with Gasteiger partial charge >= 0.3 is 88.7 Å². The third-order valence-electron chi connectivity index (χ3n) is 1.65. The van der Waals surface area contributed by atoms with Crippen molar-refractivity contribution in [1.29, 1.82) is 0 Å². The van der Waals surface area contributed by atoms with Gasteiger partial charge in [0.2, 0.25) is 0 Å². The van der Waals surface area contributed by atoms with Crippen LogP contribution in [0, 0.1) is 0 Å². The van der Waals surface area contributed by atoms with Crippen LogP contribution >= 0.6 is 0 Å². The predicted molar refractivity (Wildman–Crippen MR) is 31.1 cm³/mol. The van der Waals surface area contributed by atoms with Crippen LogP contribution in [-0.2, 0) is 0 Å². The molecule has 0 radical (unpaired) electrons. The molecule has 0 amide bonds. The van der Waals surface area contributed by atoms with E-state index in [-0.39, 0.29) is 88.7 Å². The van der Waals surface area contributed by atoms with Crippen molar-refractivity contribution < 1.29 is 88.7 Å². The Morgan fingerprint density at radius 3 is 1.40 bits per heavy atom. The first-order valence-corrected chi connectivity index (χ1v) is 3.15. The Bertz CT molecular complexity index is 55.0. The van der Waals surface area contributed by atoms with Gasteiger partial charge in [0.1, 0.15) is 0 Å². The van der Waals surface area contributed by atoms with E-state index in [1.165, 1.54) is 32.1 Å². The van der Waals surface area contributed by atoms with Crippen LogP contribution in [0.2, 0.25) is 0 Å². The van der Waals surface area contributed by atoms with Crippen molar-refractivity contribution >= 4 is 0 Å². The minimum absolute atomic E-state index is 0. The van der Waals surface area contributed by atoms with E-state index >= 15 is 0 Å². The monoisotopic (exact) mass is 168 g/mol. The summed E-state index contributed by atoms with van der Waals surface area (Å²) in [7, 11) is 0. The number of hydrogen-bond donors (Lipinski definition) is 1. The average Bonchev–Trinajstić information content (AvgIpc) is 1.69. The van der Waals surface area contributed by atoms with E-state index in [2.05, 4.69) is 0 Å². The van der Waals surface area contributed by atoms with Crippen molar-refractivity contribution in [3.8, 4) is 0 Å². The van der Waals surface area contributed by atoms with Gasteiger partial charge in [-0.05, 0) is 12.8 Å².